The highest BCUT2D eigenvalue weighted by Gasteiger charge is 2.46. The number of amides is 4. The first-order valence-corrected chi connectivity index (χ1v) is 11.9. The fourth-order valence-electron chi connectivity index (χ4n) is 4.69. The maximum absolute atomic E-state index is 13.2. The van der Waals surface area contributed by atoms with Gasteiger partial charge in [0.1, 0.15) is 17.9 Å². The van der Waals surface area contributed by atoms with Crippen molar-refractivity contribution in [3.63, 3.8) is 0 Å². The Balaban J connectivity index is 1.37. The molecule has 1 aromatic rings. The van der Waals surface area contributed by atoms with Gasteiger partial charge in [0.15, 0.2) is 0 Å². The van der Waals surface area contributed by atoms with Crippen molar-refractivity contribution in [2.24, 2.45) is 5.10 Å². The summed E-state index contributed by atoms with van der Waals surface area (Å²) in [6, 6.07) is 3.91. The first-order chi connectivity index (χ1) is 17.3. The largest absolute Gasteiger partial charge is 0.489 e. The van der Waals surface area contributed by atoms with Gasteiger partial charge < -0.3 is 9.64 Å². The van der Waals surface area contributed by atoms with Crippen molar-refractivity contribution < 1.29 is 23.9 Å². The fraction of sp³-hybridized carbons (Fsp3) is 0.423. The molecule has 4 rings (SSSR count). The van der Waals surface area contributed by atoms with Crippen LogP contribution in [0.15, 0.2) is 35.1 Å². The normalized spacial score (nSPS) is 21.2. The molecule has 10 nitrogen and oxygen atoms in total. The molecule has 3 aliphatic heterocycles. The number of ether oxygens (including phenoxy) is 1. The molecule has 1 aromatic carbocycles. The molecule has 0 aromatic heterocycles. The van der Waals surface area contributed by atoms with Crippen LogP contribution in [0.25, 0.3) is 0 Å². The van der Waals surface area contributed by atoms with Crippen LogP contribution in [-0.4, -0.2) is 83.5 Å². The van der Waals surface area contributed by atoms with E-state index < -0.39 is 29.7 Å². The van der Waals surface area contributed by atoms with Gasteiger partial charge in [-0.2, -0.15) is 5.10 Å². The van der Waals surface area contributed by atoms with Gasteiger partial charge in [-0.3, -0.25) is 34.4 Å². The number of fused-ring (bicyclic) bond motifs is 1. The van der Waals surface area contributed by atoms with Crippen LogP contribution >= 0.6 is 0 Å². The van der Waals surface area contributed by atoms with E-state index >= 15 is 0 Å². The second-order valence-corrected chi connectivity index (χ2v) is 9.05. The van der Waals surface area contributed by atoms with E-state index in [2.05, 4.69) is 28.0 Å². The van der Waals surface area contributed by atoms with Crippen LogP contribution in [-0.2, 0) is 9.59 Å². The minimum absolute atomic E-state index is 0.0756. The summed E-state index contributed by atoms with van der Waals surface area (Å²) in [5.41, 5.74) is 1.17. The molecule has 2 fully saturated rings. The first kappa shape index (κ1) is 25.1. The quantitative estimate of drug-likeness (QED) is 0.253. The molecule has 4 amide bonds. The number of carbonyl (C=O) groups is 4. The summed E-state index contributed by atoms with van der Waals surface area (Å²) >= 11 is 0. The first-order valence-electron chi connectivity index (χ1n) is 11.9. The summed E-state index contributed by atoms with van der Waals surface area (Å²) < 4.78 is 6.21. The van der Waals surface area contributed by atoms with Crippen molar-refractivity contribution in [2.45, 2.75) is 44.8 Å². The van der Waals surface area contributed by atoms with Gasteiger partial charge >= 0.3 is 0 Å². The molecule has 0 radical (unpaired) electrons. The Morgan fingerprint density at radius 2 is 2.00 bits per heavy atom. The number of nitrogens with one attached hydrogen (secondary N) is 1. The number of terminal acetylenes is 1. The molecule has 0 spiro atoms. The molecule has 1 atom stereocenters. The Kier molecular flexibility index (Phi) is 7.50. The number of benzene rings is 1. The van der Waals surface area contributed by atoms with Crippen molar-refractivity contribution in [2.75, 3.05) is 26.2 Å². The van der Waals surface area contributed by atoms with Gasteiger partial charge in [-0.25, -0.2) is 0 Å². The summed E-state index contributed by atoms with van der Waals surface area (Å²) in [5, 5.41) is 7.91. The smallest absolute Gasteiger partial charge is 0.266 e. The van der Waals surface area contributed by atoms with Crippen LogP contribution in [0.3, 0.4) is 0 Å². The zero-order chi connectivity index (χ0) is 25.8. The van der Waals surface area contributed by atoms with Crippen molar-refractivity contribution in [3.8, 4) is 18.1 Å². The minimum Gasteiger partial charge on any atom is -0.489 e. The van der Waals surface area contributed by atoms with Gasteiger partial charge in [0.25, 0.3) is 11.8 Å². The van der Waals surface area contributed by atoms with E-state index in [-0.39, 0.29) is 30.1 Å². The fourth-order valence-corrected chi connectivity index (χ4v) is 4.69. The summed E-state index contributed by atoms with van der Waals surface area (Å²) in [5.74, 6) is 0.762. The maximum Gasteiger partial charge on any atom is 0.266 e. The number of hydrazone groups is 1. The van der Waals surface area contributed by atoms with E-state index in [9.17, 15) is 19.2 Å². The van der Waals surface area contributed by atoms with Crippen LogP contribution in [0.4, 0.5) is 0 Å². The Morgan fingerprint density at radius 1 is 1.25 bits per heavy atom. The third-order valence-corrected chi connectivity index (χ3v) is 6.66. The Bertz CT molecular complexity index is 1160. The van der Waals surface area contributed by atoms with Gasteiger partial charge in [-0.1, -0.05) is 12.0 Å². The summed E-state index contributed by atoms with van der Waals surface area (Å²) in [7, 11) is 0. The molecule has 3 aliphatic rings. The highest BCUT2D eigenvalue weighted by atomic mass is 16.5. The zero-order valence-corrected chi connectivity index (χ0v) is 20.2. The molecular formula is C26H29N5O5. The Morgan fingerprint density at radius 3 is 2.67 bits per heavy atom. The molecule has 10 heteroatoms. The summed E-state index contributed by atoms with van der Waals surface area (Å²) in [6.07, 6.45) is 8.76. The monoisotopic (exact) mass is 491 g/mol. The van der Waals surface area contributed by atoms with Crippen molar-refractivity contribution in [1.82, 2.24) is 20.1 Å². The number of nitrogens with zero attached hydrogens (tertiary/aromatic N) is 4. The Hall–Kier alpha value is -3.97. The molecule has 36 heavy (non-hydrogen) atoms. The van der Waals surface area contributed by atoms with Crippen LogP contribution < -0.4 is 10.1 Å². The van der Waals surface area contributed by atoms with Crippen LogP contribution in [0.1, 0.15) is 53.3 Å². The van der Waals surface area contributed by atoms with E-state index in [0.29, 0.717) is 12.3 Å². The number of allylic oxidation sites excluding steroid dienone is 1. The average Bonchev–Trinajstić information content (AvgIpc) is 3.13. The van der Waals surface area contributed by atoms with Gasteiger partial charge in [-0.15, -0.1) is 6.42 Å². The summed E-state index contributed by atoms with van der Waals surface area (Å²) in [4.78, 5) is 53.3. The van der Waals surface area contributed by atoms with Gasteiger partial charge in [0, 0.05) is 44.5 Å². The van der Waals surface area contributed by atoms with Gasteiger partial charge in [-0.05, 0) is 38.3 Å². The molecule has 0 saturated carbocycles. The number of rotatable bonds is 8. The number of hydrogen-bond acceptors (Lipinski definition) is 8. The lowest BCUT2D eigenvalue weighted by atomic mass is 10.0. The van der Waals surface area contributed by atoms with Gasteiger partial charge in [0.05, 0.1) is 17.7 Å². The average molecular weight is 492 g/mol. The Labute approximate surface area is 209 Å². The molecule has 0 bridgehead atoms. The lowest BCUT2D eigenvalue weighted by Crippen LogP contribution is -2.54. The molecule has 1 N–H and O–H groups in total. The number of carbonyl (C=O) groups excluding carboxylic acids is 4. The third kappa shape index (κ3) is 5.16. The van der Waals surface area contributed by atoms with E-state index in [0.717, 1.165) is 42.9 Å². The number of piperidine rings is 2. The SMILES string of the molecule is C#C/C(C)=C/N(CCN1CCC(Oc2cccc3c2C(=O)N(C2CCC(=O)NC2=O)C3=O)CC1)N=C. The maximum atomic E-state index is 13.2. The highest BCUT2D eigenvalue weighted by Crippen LogP contribution is 2.34. The van der Waals surface area contributed by atoms with Crippen LogP contribution in [0.2, 0.25) is 0 Å². The zero-order valence-electron chi connectivity index (χ0n) is 20.2. The molecule has 3 heterocycles. The molecule has 0 aliphatic carbocycles. The number of imide groups is 2. The minimum atomic E-state index is -1.00. The lowest BCUT2D eigenvalue weighted by Gasteiger charge is -2.33. The van der Waals surface area contributed by atoms with Crippen LogP contribution in [0.5, 0.6) is 5.75 Å². The van der Waals surface area contributed by atoms with Crippen molar-refractivity contribution in [3.05, 3.63) is 41.1 Å². The number of likely N-dealkylation sites (tertiary alicyclic amines) is 1. The van der Waals surface area contributed by atoms with E-state index in [1.54, 1.807) is 29.4 Å². The van der Waals surface area contributed by atoms with E-state index in [4.69, 9.17) is 11.2 Å². The molecule has 1 unspecified atom stereocenters. The lowest BCUT2D eigenvalue weighted by molar-refractivity contribution is -0.136. The van der Waals surface area contributed by atoms with Crippen molar-refractivity contribution in [1.29, 1.82) is 0 Å². The molecular weight excluding hydrogens is 462 g/mol. The van der Waals surface area contributed by atoms with Crippen LogP contribution in [0, 0.1) is 12.3 Å². The predicted octanol–water partition coefficient (Wildman–Crippen LogP) is 1.39. The standard InChI is InChI=1S/C26H29N5O5/c1-4-17(2)16-30(27-3)15-14-29-12-10-18(11-13-29)36-21-7-5-6-19-23(21)26(35)31(25(19)34)20-8-9-22(32)28-24(20)33/h1,5-7,16,18,20H,3,8-15H2,2H3,(H,28,32,33)/b17-16+. The second kappa shape index (κ2) is 10.7. The van der Waals surface area contributed by atoms with Crippen molar-refractivity contribution >= 4 is 30.3 Å². The third-order valence-electron chi connectivity index (χ3n) is 6.66. The predicted molar refractivity (Wildman–Crippen MR) is 132 cm³/mol. The topological polar surface area (TPSA) is 112 Å². The highest BCUT2D eigenvalue weighted by molar-refractivity contribution is 6.24. The number of hydrogen-bond donors (Lipinski definition) is 1. The van der Waals surface area contributed by atoms with Gasteiger partial charge in [0.2, 0.25) is 11.8 Å². The second-order valence-electron chi connectivity index (χ2n) is 9.05. The summed E-state index contributed by atoms with van der Waals surface area (Å²) in [6.45, 7) is 8.48. The van der Waals surface area contributed by atoms with E-state index in [1.165, 1.54) is 0 Å². The molecule has 2 saturated heterocycles. The van der Waals surface area contributed by atoms with E-state index in [1.807, 2.05) is 6.92 Å². The molecule has 188 valence electrons.